The summed E-state index contributed by atoms with van der Waals surface area (Å²) in [5.41, 5.74) is 1.73. The molecule has 0 bridgehead atoms. The van der Waals surface area contributed by atoms with Gasteiger partial charge in [-0.15, -0.1) is 0 Å². The third kappa shape index (κ3) is 5.20. The fourth-order valence-corrected chi connectivity index (χ4v) is 2.66. The number of amides is 5. The summed E-state index contributed by atoms with van der Waals surface area (Å²) in [6.45, 7) is 1.61. The van der Waals surface area contributed by atoms with E-state index in [1.807, 2.05) is 17.6 Å². The maximum absolute atomic E-state index is 12.1. The van der Waals surface area contributed by atoms with Crippen LogP contribution < -0.4 is 20.7 Å². The summed E-state index contributed by atoms with van der Waals surface area (Å²) in [7, 11) is 0. The van der Waals surface area contributed by atoms with E-state index in [9.17, 15) is 19.2 Å². The van der Waals surface area contributed by atoms with E-state index in [1.54, 1.807) is 42.5 Å². The van der Waals surface area contributed by atoms with E-state index in [4.69, 9.17) is 16.3 Å². The van der Waals surface area contributed by atoms with Gasteiger partial charge < -0.3 is 10.1 Å². The number of ether oxygens (including phenoxy) is 1. The minimum absolute atomic E-state index is 0.212. The summed E-state index contributed by atoms with van der Waals surface area (Å²) in [6, 6.07) is 10.8. The Bertz CT molecular complexity index is 1030. The van der Waals surface area contributed by atoms with Crippen LogP contribution in [0.4, 0.5) is 10.5 Å². The van der Waals surface area contributed by atoms with Crippen molar-refractivity contribution in [3.8, 4) is 5.75 Å². The summed E-state index contributed by atoms with van der Waals surface area (Å²) in [4.78, 5) is 46.7. The van der Waals surface area contributed by atoms with Gasteiger partial charge in [-0.3, -0.25) is 25.0 Å². The maximum atomic E-state index is 12.1. The molecule has 1 aliphatic rings. The molecule has 1 saturated heterocycles. The summed E-state index contributed by atoms with van der Waals surface area (Å²) in [5.74, 6) is -1.59. The van der Waals surface area contributed by atoms with E-state index in [2.05, 4.69) is 5.32 Å². The smallest absolute Gasteiger partial charge is 0.328 e. The second-order valence-corrected chi connectivity index (χ2v) is 6.58. The topological polar surface area (TPSA) is 114 Å². The minimum Gasteiger partial charge on any atom is -0.484 e. The van der Waals surface area contributed by atoms with Crippen LogP contribution in [0.3, 0.4) is 0 Å². The number of urea groups is 1. The Balaban J connectivity index is 1.64. The zero-order valence-corrected chi connectivity index (χ0v) is 16.0. The van der Waals surface area contributed by atoms with Gasteiger partial charge in [-0.25, -0.2) is 4.79 Å². The van der Waals surface area contributed by atoms with Crippen molar-refractivity contribution in [2.24, 2.45) is 0 Å². The van der Waals surface area contributed by atoms with Gasteiger partial charge in [0.15, 0.2) is 6.61 Å². The average Bonchev–Trinajstić information content (AvgIpc) is 2.66. The zero-order valence-electron chi connectivity index (χ0n) is 15.2. The Hall–Kier alpha value is -3.65. The van der Waals surface area contributed by atoms with Crippen LogP contribution in [0.5, 0.6) is 5.75 Å². The van der Waals surface area contributed by atoms with E-state index in [-0.39, 0.29) is 18.1 Å². The number of hydrogen-bond donors (Lipinski definition) is 3. The molecule has 3 N–H and O–H groups in total. The third-order valence-electron chi connectivity index (χ3n) is 3.94. The summed E-state index contributed by atoms with van der Waals surface area (Å²) < 4.78 is 5.47. The molecule has 1 heterocycles. The van der Waals surface area contributed by atoms with Crippen molar-refractivity contribution in [1.82, 2.24) is 10.6 Å². The molecule has 3 rings (SSSR count). The molecular formula is C20H16ClN3O5. The minimum atomic E-state index is -0.866. The molecule has 1 aliphatic heterocycles. The van der Waals surface area contributed by atoms with E-state index in [0.29, 0.717) is 22.0 Å². The van der Waals surface area contributed by atoms with Crippen molar-refractivity contribution in [1.29, 1.82) is 0 Å². The van der Waals surface area contributed by atoms with Gasteiger partial charge in [0.05, 0.1) is 0 Å². The molecule has 29 heavy (non-hydrogen) atoms. The van der Waals surface area contributed by atoms with Gasteiger partial charge in [0.25, 0.3) is 17.7 Å². The Kier molecular flexibility index (Phi) is 5.94. The van der Waals surface area contributed by atoms with Gasteiger partial charge in [-0.05, 0) is 48.4 Å². The number of carbonyl (C=O) groups is 4. The lowest BCUT2D eigenvalue weighted by Crippen LogP contribution is -2.51. The quantitative estimate of drug-likeness (QED) is 0.514. The van der Waals surface area contributed by atoms with Crippen LogP contribution in [0.25, 0.3) is 6.08 Å². The molecule has 2 aromatic carbocycles. The monoisotopic (exact) mass is 413 g/mol. The van der Waals surface area contributed by atoms with Crippen LogP contribution in [0, 0.1) is 6.92 Å². The number of imide groups is 2. The molecule has 0 aromatic heterocycles. The first-order valence-corrected chi connectivity index (χ1v) is 8.87. The van der Waals surface area contributed by atoms with E-state index in [1.165, 1.54) is 6.08 Å². The Morgan fingerprint density at radius 1 is 1.10 bits per heavy atom. The Labute approximate surface area is 170 Å². The highest BCUT2D eigenvalue weighted by molar-refractivity contribution is 6.32. The highest BCUT2D eigenvalue weighted by atomic mass is 35.5. The van der Waals surface area contributed by atoms with Crippen LogP contribution in [-0.2, 0) is 14.4 Å². The normalized spacial score (nSPS) is 13.4. The molecule has 0 saturated carbocycles. The summed E-state index contributed by atoms with van der Waals surface area (Å²) in [5, 5.41) is 7.21. The largest absolute Gasteiger partial charge is 0.484 e. The SMILES string of the molecule is Cc1ccc(NC(=O)COc2cccc(C=C3C(=O)NC(=O)NC3=O)c2)cc1Cl. The number of halogens is 1. The van der Waals surface area contributed by atoms with Crippen LogP contribution in [0.15, 0.2) is 48.0 Å². The molecule has 148 valence electrons. The highest BCUT2D eigenvalue weighted by Gasteiger charge is 2.27. The Morgan fingerprint density at radius 2 is 1.83 bits per heavy atom. The summed E-state index contributed by atoms with van der Waals surface area (Å²) >= 11 is 6.03. The third-order valence-corrected chi connectivity index (χ3v) is 4.35. The van der Waals surface area contributed by atoms with Gasteiger partial charge in [0, 0.05) is 10.7 Å². The molecule has 5 amide bonds. The molecule has 1 fully saturated rings. The van der Waals surface area contributed by atoms with Gasteiger partial charge in [0.2, 0.25) is 0 Å². The molecule has 0 spiro atoms. The van der Waals surface area contributed by atoms with Crippen molar-refractivity contribution >= 4 is 47.1 Å². The molecule has 0 radical (unpaired) electrons. The van der Waals surface area contributed by atoms with Crippen molar-refractivity contribution in [2.45, 2.75) is 6.92 Å². The van der Waals surface area contributed by atoms with Crippen LogP contribution >= 0.6 is 11.6 Å². The standard InChI is InChI=1S/C20H16ClN3O5/c1-11-5-6-13(9-16(11)21)22-17(25)10-29-14-4-2-3-12(7-14)8-15-18(26)23-20(28)24-19(15)27/h2-9H,10H2,1H3,(H,22,25)(H2,23,24,26,27,28). The number of benzene rings is 2. The number of barbiturate groups is 1. The molecule has 8 nitrogen and oxygen atoms in total. The van der Waals surface area contributed by atoms with Crippen molar-refractivity contribution in [3.05, 3.63) is 64.2 Å². The van der Waals surface area contributed by atoms with Gasteiger partial charge in [0.1, 0.15) is 11.3 Å². The number of aryl methyl sites for hydroxylation is 1. The zero-order chi connectivity index (χ0) is 21.0. The Morgan fingerprint density at radius 3 is 2.52 bits per heavy atom. The van der Waals surface area contributed by atoms with Crippen molar-refractivity contribution in [3.63, 3.8) is 0 Å². The first kappa shape index (κ1) is 20.1. The number of carbonyl (C=O) groups excluding carboxylic acids is 4. The molecule has 2 aromatic rings. The highest BCUT2D eigenvalue weighted by Crippen LogP contribution is 2.20. The summed E-state index contributed by atoms with van der Waals surface area (Å²) in [6.07, 6.45) is 1.32. The molecule has 0 atom stereocenters. The van der Waals surface area contributed by atoms with Crippen LogP contribution in [0.2, 0.25) is 5.02 Å². The molecule has 0 unspecified atom stereocenters. The van der Waals surface area contributed by atoms with Crippen LogP contribution in [0.1, 0.15) is 11.1 Å². The number of hydrogen-bond acceptors (Lipinski definition) is 5. The number of rotatable bonds is 5. The number of nitrogens with one attached hydrogen (secondary N) is 3. The van der Waals surface area contributed by atoms with Gasteiger partial charge >= 0.3 is 6.03 Å². The predicted octanol–water partition coefficient (Wildman–Crippen LogP) is 2.42. The lowest BCUT2D eigenvalue weighted by atomic mass is 10.1. The molecule has 0 aliphatic carbocycles. The van der Waals surface area contributed by atoms with Crippen molar-refractivity contribution < 1.29 is 23.9 Å². The predicted molar refractivity (Wildman–Crippen MR) is 106 cm³/mol. The van der Waals surface area contributed by atoms with E-state index >= 15 is 0 Å². The van der Waals surface area contributed by atoms with E-state index in [0.717, 1.165) is 5.56 Å². The fraction of sp³-hybridized carbons (Fsp3) is 0.100. The van der Waals surface area contributed by atoms with E-state index < -0.39 is 17.8 Å². The van der Waals surface area contributed by atoms with Crippen LogP contribution in [-0.4, -0.2) is 30.4 Å². The average molecular weight is 414 g/mol. The molecular weight excluding hydrogens is 398 g/mol. The maximum Gasteiger partial charge on any atom is 0.328 e. The number of anilines is 1. The van der Waals surface area contributed by atoms with Gasteiger partial charge in [-0.1, -0.05) is 29.8 Å². The second-order valence-electron chi connectivity index (χ2n) is 6.17. The van der Waals surface area contributed by atoms with Crippen molar-refractivity contribution in [2.75, 3.05) is 11.9 Å². The second kappa shape index (κ2) is 8.57. The van der Waals surface area contributed by atoms with Gasteiger partial charge in [-0.2, -0.15) is 0 Å². The fourth-order valence-electron chi connectivity index (χ4n) is 2.48. The first-order chi connectivity index (χ1) is 13.8. The lowest BCUT2D eigenvalue weighted by Gasteiger charge is -2.14. The first-order valence-electron chi connectivity index (χ1n) is 8.49. The lowest BCUT2D eigenvalue weighted by molar-refractivity contribution is -0.124. The molecule has 9 heteroatoms.